The molecule has 2 rings (SSSR count). The van der Waals surface area contributed by atoms with E-state index in [-0.39, 0.29) is 17.0 Å². The third-order valence-corrected chi connectivity index (χ3v) is 3.67. The zero-order valence-corrected chi connectivity index (χ0v) is 12.4. The van der Waals surface area contributed by atoms with Gasteiger partial charge in [0.1, 0.15) is 36.2 Å². The molecule has 1 aliphatic heterocycles. The molecule has 1 aromatic rings. The number of aliphatic hydroxyl groups excluding tert-OH is 3. The number of rotatable bonds is 4. The van der Waals surface area contributed by atoms with E-state index in [9.17, 15) is 25.2 Å². The maximum Gasteiger partial charge on any atom is 0.342 e. The Labute approximate surface area is 132 Å². The fourth-order valence-corrected chi connectivity index (χ4v) is 2.35. The lowest BCUT2D eigenvalue weighted by Crippen LogP contribution is -2.62. The van der Waals surface area contributed by atoms with E-state index in [1.165, 1.54) is 25.2 Å². The van der Waals surface area contributed by atoms with Crippen molar-refractivity contribution in [3.05, 3.63) is 23.8 Å². The van der Waals surface area contributed by atoms with E-state index in [4.69, 9.17) is 15.2 Å². The summed E-state index contributed by atoms with van der Waals surface area (Å²) in [7, 11) is 1.50. The van der Waals surface area contributed by atoms with Gasteiger partial charge in [-0.05, 0) is 25.2 Å². The molecule has 0 saturated carbocycles. The molecule has 0 spiro atoms. The summed E-state index contributed by atoms with van der Waals surface area (Å²) in [6.45, 7) is -0.418. The molecule has 128 valence electrons. The lowest BCUT2D eigenvalue weighted by atomic mass is 9.97. The van der Waals surface area contributed by atoms with E-state index >= 15 is 0 Å². The van der Waals surface area contributed by atoms with Crippen LogP contribution in [0.15, 0.2) is 18.2 Å². The van der Waals surface area contributed by atoms with E-state index in [1.54, 1.807) is 0 Å². The van der Waals surface area contributed by atoms with Crippen molar-refractivity contribution < 1.29 is 34.7 Å². The van der Waals surface area contributed by atoms with Crippen molar-refractivity contribution in [1.29, 1.82) is 0 Å². The van der Waals surface area contributed by atoms with E-state index < -0.39 is 43.2 Å². The molecule has 1 aromatic carbocycles. The molecular weight excluding hydrogens is 308 g/mol. The van der Waals surface area contributed by atoms with Gasteiger partial charge in [-0.25, -0.2) is 4.79 Å². The first-order chi connectivity index (χ1) is 10.8. The number of hydrogen-bond donors (Lipinski definition) is 6. The Kier molecular flexibility index (Phi) is 5.39. The number of benzene rings is 1. The highest BCUT2D eigenvalue weighted by Crippen LogP contribution is 2.23. The first-order valence-corrected chi connectivity index (χ1v) is 6.97. The van der Waals surface area contributed by atoms with E-state index in [0.29, 0.717) is 0 Å². The number of carbonyl (C=O) groups excluding carboxylic acids is 1. The monoisotopic (exact) mass is 328 g/mol. The Hall–Kier alpha value is -1.91. The molecule has 0 aromatic heterocycles. The maximum absolute atomic E-state index is 11.9. The van der Waals surface area contributed by atoms with Gasteiger partial charge in [-0.1, -0.05) is 0 Å². The van der Waals surface area contributed by atoms with E-state index in [1.807, 2.05) is 0 Å². The van der Waals surface area contributed by atoms with Crippen molar-refractivity contribution >= 4 is 11.7 Å². The van der Waals surface area contributed by atoms with Crippen LogP contribution in [0.25, 0.3) is 0 Å². The summed E-state index contributed by atoms with van der Waals surface area (Å²) in [6, 6.07) is 3.05. The van der Waals surface area contributed by atoms with E-state index in [2.05, 4.69) is 5.32 Å². The second kappa shape index (κ2) is 7.11. The van der Waals surface area contributed by atoms with Crippen LogP contribution in [-0.4, -0.2) is 70.7 Å². The zero-order valence-electron chi connectivity index (χ0n) is 12.4. The van der Waals surface area contributed by atoms with Gasteiger partial charge in [0.2, 0.25) is 0 Å². The third kappa shape index (κ3) is 3.71. The lowest BCUT2D eigenvalue weighted by Gasteiger charge is -2.40. The molecule has 1 aliphatic rings. The number of nitrogens with one attached hydrogen (secondary N) is 1. The Balaban J connectivity index is 2.00. The number of likely N-dealkylation sites (N-methyl/N-ethyl adjacent to an activating group) is 1. The molecule has 0 amide bonds. The van der Waals surface area contributed by atoms with Crippen molar-refractivity contribution in [2.75, 3.05) is 19.4 Å². The Morgan fingerprint density at radius 1 is 1.35 bits per heavy atom. The Morgan fingerprint density at radius 3 is 2.70 bits per heavy atom. The number of phenolic OH excluding ortho intramolecular Hbond substituents is 1. The van der Waals surface area contributed by atoms with Crippen LogP contribution < -0.4 is 11.1 Å². The van der Waals surface area contributed by atoms with Crippen LogP contribution in [-0.2, 0) is 9.47 Å². The number of hydrogen-bond acceptors (Lipinski definition) is 9. The number of anilines is 1. The molecule has 1 saturated heterocycles. The highest BCUT2D eigenvalue weighted by Gasteiger charge is 2.43. The van der Waals surface area contributed by atoms with Crippen molar-refractivity contribution in [3.8, 4) is 5.75 Å². The first kappa shape index (κ1) is 17.4. The molecule has 1 heterocycles. The number of nitrogens with two attached hydrogens (primary N) is 1. The SMILES string of the molecule is CNC1[C@@H](O)OC(COC(=O)c2cc(N)ccc2O)[C@H](O)[C@H]1O. The van der Waals surface area contributed by atoms with Crippen LogP contribution in [0.1, 0.15) is 10.4 Å². The van der Waals surface area contributed by atoms with Crippen LogP contribution in [0.4, 0.5) is 5.69 Å². The maximum atomic E-state index is 11.9. The summed E-state index contributed by atoms with van der Waals surface area (Å²) in [5.74, 6) is -1.17. The Bertz CT molecular complexity index is 568. The number of phenols is 1. The number of ether oxygens (including phenoxy) is 2. The first-order valence-electron chi connectivity index (χ1n) is 6.97. The highest BCUT2D eigenvalue weighted by molar-refractivity contribution is 5.93. The molecule has 9 heteroatoms. The summed E-state index contributed by atoms with van der Waals surface area (Å²) in [5, 5.41) is 41.8. The van der Waals surface area contributed by atoms with Gasteiger partial charge < -0.3 is 41.0 Å². The fourth-order valence-electron chi connectivity index (χ4n) is 2.35. The van der Waals surface area contributed by atoms with Crippen LogP contribution in [0.2, 0.25) is 0 Å². The molecule has 7 N–H and O–H groups in total. The Morgan fingerprint density at radius 2 is 2.04 bits per heavy atom. The zero-order chi connectivity index (χ0) is 17.1. The van der Waals surface area contributed by atoms with Crippen molar-refractivity contribution in [1.82, 2.24) is 5.32 Å². The second-order valence-corrected chi connectivity index (χ2v) is 5.24. The van der Waals surface area contributed by atoms with Gasteiger partial charge in [0.15, 0.2) is 6.29 Å². The van der Waals surface area contributed by atoms with Crippen LogP contribution in [0.5, 0.6) is 5.75 Å². The average molecular weight is 328 g/mol. The van der Waals surface area contributed by atoms with Crippen LogP contribution >= 0.6 is 0 Å². The number of carbonyl (C=O) groups is 1. The summed E-state index contributed by atoms with van der Waals surface area (Å²) in [6.07, 6.45) is -5.15. The smallest absolute Gasteiger partial charge is 0.342 e. The van der Waals surface area contributed by atoms with E-state index in [0.717, 1.165) is 0 Å². The molecule has 0 bridgehead atoms. The molecule has 1 fully saturated rings. The van der Waals surface area contributed by atoms with Crippen molar-refractivity contribution in [2.24, 2.45) is 0 Å². The molecule has 0 aliphatic carbocycles. The van der Waals surface area contributed by atoms with Gasteiger partial charge in [0, 0.05) is 5.69 Å². The predicted molar refractivity (Wildman–Crippen MR) is 78.5 cm³/mol. The van der Waals surface area contributed by atoms with Gasteiger partial charge >= 0.3 is 5.97 Å². The summed E-state index contributed by atoms with van der Waals surface area (Å²) < 4.78 is 10.1. The minimum Gasteiger partial charge on any atom is -0.507 e. The standard InChI is InChI=1S/C14H20N2O7/c1-16-10-12(19)11(18)9(23-14(10)21)5-22-13(20)7-4-6(15)2-3-8(7)17/h2-4,9-12,14,16-19,21H,5,15H2,1H3/t9?,10?,11-,12-,14-/m0/s1. The third-order valence-electron chi connectivity index (χ3n) is 3.67. The average Bonchev–Trinajstić information content (AvgIpc) is 2.52. The van der Waals surface area contributed by atoms with Gasteiger partial charge in [-0.15, -0.1) is 0 Å². The van der Waals surface area contributed by atoms with Crippen molar-refractivity contribution in [2.45, 2.75) is 30.6 Å². The minimum absolute atomic E-state index is 0.135. The minimum atomic E-state index is -1.37. The highest BCUT2D eigenvalue weighted by atomic mass is 16.6. The summed E-state index contributed by atoms with van der Waals surface area (Å²) in [5.41, 5.74) is 5.67. The number of nitrogen functional groups attached to an aromatic ring is 1. The topological polar surface area (TPSA) is 154 Å². The fraction of sp³-hybridized carbons (Fsp3) is 0.500. The van der Waals surface area contributed by atoms with Crippen LogP contribution in [0.3, 0.4) is 0 Å². The van der Waals surface area contributed by atoms with Crippen molar-refractivity contribution in [3.63, 3.8) is 0 Å². The number of aliphatic hydroxyl groups is 3. The molecule has 23 heavy (non-hydrogen) atoms. The predicted octanol–water partition coefficient (Wildman–Crippen LogP) is -1.84. The van der Waals surface area contributed by atoms with Gasteiger partial charge in [0.25, 0.3) is 0 Å². The van der Waals surface area contributed by atoms with Crippen LogP contribution in [0, 0.1) is 0 Å². The summed E-state index contributed by atoms with van der Waals surface area (Å²) in [4.78, 5) is 11.9. The molecule has 2 unspecified atom stereocenters. The largest absolute Gasteiger partial charge is 0.507 e. The molecule has 5 atom stereocenters. The summed E-state index contributed by atoms with van der Waals surface area (Å²) >= 11 is 0. The molecule has 0 radical (unpaired) electrons. The van der Waals surface area contributed by atoms with Gasteiger partial charge in [-0.2, -0.15) is 0 Å². The van der Waals surface area contributed by atoms with Gasteiger partial charge in [0.05, 0.1) is 6.04 Å². The lowest BCUT2D eigenvalue weighted by molar-refractivity contribution is -0.253. The normalized spacial score (nSPS) is 30.9. The molecule has 9 nitrogen and oxygen atoms in total. The molecular formula is C14H20N2O7. The quantitative estimate of drug-likeness (QED) is 0.212. The number of esters is 1. The second-order valence-electron chi connectivity index (χ2n) is 5.24. The number of aromatic hydroxyl groups is 1. The van der Waals surface area contributed by atoms with Gasteiger partial charge in [-0.3, -0.25) is 0 Å².